The quantitative estimate of drug-likeness (QED) is 0.650. The Morgan fingerprint density at radius 1 is 1.12 bits per heavy atom. The van der Waals surface area contributed by atoms with Crippen LogP contribution >= 0.6 is 0 Å². The van der Waals surface area contributed by atoms with Crippen molar-refractivity contribution in [1.82, 2.24) is 9.80 Å². The molecule has 0 saturated carbocycles. The number of rotatable bonds is 6. The second-order valence-corrected chi connectivity index (χ2v) is 8.17. The molecule has 4 rings (SSSR count). The molecule has 166 valence electrons. The normalized spacial score (nSPS) is 16.1. The summed E-state index contributed by atoms with van der Waals surface area (Å²) in [6, 6.07) is 13.4. The first-order valence-corrected chi connectivity index (χ1v) is 10.9. The predicted octanol–water partition coefficient (Wildman–Crippen LogP) is 2.21. The van der Waals surface area contributed by atoms with E-state index in [4.69, 9.17) is 14.7 Å². The molecule has 0 spiro atoms. The fraction of sp³-hybridized carbons (Fsp3) is 0.400. The Morgan fingerprint density at radius 2 is 1.91 bits per heavy atom. The van der Waals surface area contributed by atoms with E-state index in [1.54, 1.807) is 12.1 Å². The molecule has 1 saturated heterocycles. The van der Waals surface area contributed by atoms with E-state index in [2.05, 4.69) is 17.0 Å². The molecule has 7 nitrogen and oxygen atoms in total. The van der Waals surface area contributed by atoms with Crippen molar-refractivity contribution >= 4 is 11.9 Å². The number of methoxy groups -OCH3 is 1. The maximum absolute atomic E-state index is 12.7. The molecule has 2 aliphatic heterocycles. The molecule has 2 aromatic carbocycles. The third kappa shape index (κ3) is 4.92. The van der Waals surface area contributed by atoms with Crippen LogP contribution in [0.2, 0.25) is 0 Å². The Labute approximate surface area is 188 Å². The summed E-state index contributed by atoms with van der Waals surface area (Å²) < 4.78 is 10.3. The number of carbonyl (C=O) groups excluding carboxylic acids is 2. The first-order chi connectivity index (χ1) is 15.6. The Kier molecular flexibility index (Phi) is 6.72. The molecule has 0 atom stereocenters. The summed E-state index contributed by atoms with van der Waals surface area (Å²) in [6.07, 6.45) is 2.00. The number of nitriles is 1. The van der Waals surface area contributed by atoms with Gasteiger partial charge in [0, 0.05) is 39.1 Å². The van der Waals surface area contributed by atoms with E-state index < -0.39 is 0 Å². The number of nitrogens with zero attached hydrogens (tertiary/aromatic N) is 3. The highest BCUT2D eigenvalue weighted by molar-refractivity contribution is 5.92. The van der Waals surface area contributed by atoms with Crippen molar-refractivity contribution in [2.45, 2.75) is 19.3 Å². The first-order valence-electron chi connectivity index (χ1n) is 10.9. The number of hydrogen-bond donors (Lipinski definition) is 0. The van der Waals surface area contributed by atoms with Gasteiger partial charge in [0.25, 0.3) is 0 Å². The molecule has 1 fully saturated rings. The molecule has 0 bridgehead atoms. The largest absolute Gasteiger partial charge is 0.495 e. The topological polar surface area (TPSA) is 82.9 Å². The van der Waals surface area contributed by atoms with Gasteiger partial charge in [-0.1, -0.05) is 18.2 Å². The summed E-state index contributed by atoms with van der Waals surface area (Å²) in [5.41, 5.74) is 4.31. The van der Waals surface area contributed by atoms with Crippen LogP contribution < -0.4 is 4.74 Å². The molecule has 1 amide bonds. The summed E-state index contributed by atoms with van der Waals surface area (Å²) in [6.45, 7) is 4.50. The van der Waals surface area contributed by atoms with E-state index >= 15 is 0 Å². The van der Waals surface area contributed by atoms with Crippen LogP contribution in [-0.4, -0.2) is 68.1 Å². The zero-order chi connectivity index (χ0) is 22.5. The van der Waals surface area contributed by atoms with Gasteiger partial charge in [-0.15, -0.1) is 0 Å². The number of fused-ring (bicyclic) bond motifs is 1. The second kappa shape index (κ2) is 9.84. The lowest BCUT2D eigenvalue weighted by molar-refractivity contribution is -0.132. The van der Waals surface area contributed by atoms with Crippen molar-refractivity contribution in [3.63, 3.8) is 0 Å². The monoisotopic (exact) mass is 433 g/mol. The van der Waals surface area contributed by atoms with Gasteiger partial charge >= 0.3 is 5.97 Å². The Morgan fingerprint density at radius 3 is 2.66 bits per heavy atom. The minimum Gasteiger partial charge on any atom is -0.495 e. The van der Waals surface area contributed by atoms with E-state index in [1.165, 1.54) is 12.7 Å². The summed E-state index contributed by atoms with van der Waals surface area (Å²) in [5.74, 6) is 0.373. The van der Waals surface area contributed by atoms with Gasteiger partial charge in [0.15, 0.2) is 0 Å². The average molecular weight is 434 g/mol. The molecule has 2 heterocycles. The average Bonchev–Trinajstić information content (AvgIpc) is 2.83. The van der Waals surface area contributed by atoms with Gasteiger partial charge in [0.2, 0.25) is 5.91 Å². The molecule has 2 aliphatic rings. The van der Waals surface area contributed by atoms with Crippen LogP contribution in [0.4, 0.5) is 0 Å². The third-order valence-electron chi connectivity index (χ3n) is 6.18. The summed E-state index contributed by atoms with van der Waals surface area (Å²) >= 11 is 0. The minimum atomic E-state index is -0.224. The minimum absolute atomic E-state index is 0.0954. The lowest BCUT2D eigenvalue weighted by Gasteiger charge is -2.35. The summed E-state index contributed by atoms with van der Waals surface area (Å²) in [4.78, 5) is 28.8. The van der Waals surface area contributed by atoms with Crippen molar-refractivity contribution in [3.05, 3.63) is 64.2 Å². The van der Waals surface area contributed by atoms with Gasteiger partial charge in [-0.3, -0.25) is 9.69 Å². The van der Waals surface area contributed by atoms with Gasteiger partial charge < -0.3 is 14.4 Å². The fourth-order valence-electron chi connectivity index (χ4n) is 4.27. The molecule has 0 aliphatic carbocycles. The van der Waals surface area contributed by atoms with Crippen molar-refractivity contribution in [2.75, 3.05) is 46.4 Å². The molecule has 0 radical (unpaired) electrons. The molecular weight excluding hydrogens is 406 g/mol. The molecule has 32 heavy (non-hydrogen) atoms. The summed E-state index contributed by atoms with van der Waals surface area (Å²) in [5, 5.41) is 9.10. The lowest BCUT2D eigenvalue weighted by Crippen LogP contribution is -2.49. The van der Waals surface area contributed by atoms with E-state index in [0.29, 0.717) is 43.0 Å². The van der Waals surface area contributed by atoms with E-state index in [1.807, 2.05) is 23.1 Å². The molecule has 0 unspecified atom stereocenters. The Balaban J connectivity index is 1.26. The van der Waals surface area contributed by atoms with Crippen molar-refractivity contribution in [2.24, 2.45) is 0 Å². The number of amides is 1. The summed E-state index contributed by atoms with van der Waals surface area (Å²) in [7, 11) is 1.53. The number of carbonyl (C=O) groups is 2. The molecule has 0 aromatic heterocycles. The SMILES string of the molecule is COc1cc(CC(=O)N2CCN(CCc3ccc4c(c3)CCOC4=O)CC2)ccc1C#N. The van der Waals surface area contributed by atoms with E-state index in [-0.39, 0.29) is 11.9 Å². The zero-order valence-electron chi connectivity index (χ0n) is 18.3. The second-order valence-electron chi connectivity index (χ2n) is 8.17. The Hall–Kier alpha value is -3.37. The standard InChI is InChI=1S/C25H27N3O4/c1-31-23-15-19(2-4-21(23)17-26)16-24(29)28-11-9-27(10-12-28)8-6-18-3-5-22-20(14-18)7-13-32-25(22)30/h2-5,14-15H,6-13,16H2,1H3. The highest BCUT2D eigenvalue weighted by Crippen LogP contribution is 2.21. The van der Waals surface area contributed by atoms with Crippen LogP contribution in [0.5, 0.6) is 5.75 Å². The molecular formula is C25H27N3O4. The number of cyclic esters (lactones) is 1. The van der Waals surface area contributed by atoms with Gasteiger partial charge in [-0.25, -0.2) is 4.79 Å². The highest BCUT2D eigenvalue weighted by atomic mass is 16.5. The molecule has 2 aromatic rings. The first kappa shape index (κ1) is 21.8. The lowest BCUT2D eigenvalue weighted by atomic mass is 9.98. The van der Waals surface area contributed by atoms with Gasteiger partial charge in [-0.2, -0.15) is 5.26 Å². The van der Waals surface area contributed by atoms with Crippen molar-refractivity contribution in [1.29, 1.82) is 5.26 Å². The van der Waals surface area contributed by atoms with Crippen LogP contribution in [0.3, 0.4) is 0 Å². The zero-order valence-corrected chi connectivity index (χ0v) is 18.3. The maximum atomic E-state index is 12.7. The highest BCUT2D eigenvalue weighted by Gasteiger charge is 2.22. The van der Waals surface area contributed by atoms with Gasteiger partial charge in [-0.05, 0) is 41.3 Å². The Bertz CT molecular complexity index is 1050. The number of hydrogen-bond acceptors (Lipinski definition) is 6. The molecule has 7 heteroatoms. The van der Waals surface area contributed by atoms with Crippen LogP contribution in [0.1, 0.15) is 32.6 Å². The maximum Gasteiger partial charge on any atom is 0.338 e. The van der Waals surface area contributed by atoms with E-state index in [9.17, 15) is 9.59 Å². The van der Waals surface area contributed by atoms with Gasteiger partial charge in [0.1, 0.15) is 11.8 Å². The number of benzene rings is 2. The van der Waals surface area contributed by atoms with Gasteiger partial charge in [0.05, 0.1) is 31.3 Å². The number of piperazine rings is 1. The molecule has 0 N–H and O–H groups in total. The van der Waals surface area contributed by atoms with Crippen LogP contribution in [-0.2, 0) is 28.8 Å². The smallest absolute Gasteiger partial charge is 0.338 e. The van der Waals surface area contributed by atoms with Crippen molar-refractivity contribution < 1.29 is 19.1 Å². The van der Waals surface area contributed by atoms with E-state index in [0.717, 1.165) is 43.6 Å². The third-order valence-corrected chi connectivity index (χ3v) is 6.18. The van der Waals surface area contributed by atoms with Crippen LogP contribution in [0.15, 0.2) is 36.4 Å². The van der Waals surface area contributed by atoms with Crippen LogP contribution in [0, 0.1) is 11.3 Å². The van der Waals surface area contributed by atoms with Crippen LogP contribution in [0.25, 0.3) is 0 Å². The van der Waals surface area contributed by atoms with Crippen molar-refractivity contribution in [3.8, 4) is 11.8 Å². The number of ether oxygens (including phenoxy) is 2. The number of esters is 1. The predicted molar refractivity (Wildman–Crippen MR) is 119 cm³/mol. The fourth-order valence-corrected chi connectivity index (χ4v) is 4.27.